The summed E-state index contributed by atoms with van der Waals surface area (Å²) in [5.74, 6) is -1.02. The number of hydrogen-bond donors (Lipinski definition) is 2. The van der Waals surface area contributed by atoms with Crippen LogP contribution in [-0.4, -0.2) is 30.3 Å². The maximum Gasteiger partial charge on any atom is 0.321 e. The van der Waals surface area contributed by atoms with Crippen LogP contribution in [0.2, 0.25) is 0 Å². The van der Waals surface area contributed by atoms with E-state index in [1.807, 2.05) is 13.8 Å². The number of hydrogen-bond acceptors (Lipinski definition) is 3. The molecule has 1 unspecified atom stereocenters. The summed E-state index contributed by atoms with van der Waals surface area (Å²) >= 11 is 0. The lowest BCUT2D eigenvalue weighted by molar-refractivity contribution is -0.139. The molecule has 1 atom stereocenters. The first-order valence-electron chi connectivity index (χ1n) is 5.22. The second-order valence-electron chi connectivity index (χ2n) is 5.25. The van der Waals surface area contributed by atoms with E-state index in [0.29, 0.717) is 0 Å². The Bertz CT molecular complexity index is 340. The van der Waals surface area contributed by atoms with Gasteiger partial charge < -0.3 is 5.11 Å². The van der Waals surface area contributed by atoms with Gasteiger partial charge in [-0.15, -0.1) is 0 Å². The Balaban J connectivity index is 4.85. The summed E-state index contributed by atoms with van der Waals surface area (Å²) in [6.07, 6.45) is 0.282. The number of carbonyl (C=O) groups is 1. The maximum atomic E-state index is 11.8. The van der Waals surface area contributed by atoms with Gasteiger partial charge >= 0.3 is 5.97 Å². The number of sulfonamides is 1. The monoisotopic (exact) mass is 251 g/mol. The molecule has 96 valence electrons. The van der Waals surface area contributed by atoms with Crippen LogP contribution < -0.4 is 4.72 Å². The van der Waals surface area contributed by atoms with Gasteiger partial charge in [-0.25, -0.2) is 13.1 Å². The lowest BCUT2D eigenvalue weighted by atomic mass is 10.1. The van der Waals surface area contributed by atoms with Crippen LogP contribution in [0.5, 0.6) is 0 Å². The van der Waals surface area contributed by atoms with Crippen LogP contribution in [0, 0.1) is 5.92 Å². The van der Waals surface area contributed by atoms with Crippen LogP contribution in [0.1, 0.15) is 41.0 Å². The second kappa shape index (κ2) is 5.14. The Kier molecular flexibility index (Phi) is 4.94. The molecule has 0 amide bonds. The zero-order valence-corrected chi connectivity index (χ0v) is 11.3. The predicted molar refractivity (Wildman–Crippen MR) is 62.7 cm³/mol. The highest BCUT2D eigenvalue weighted by Gasteiger charge is 2.33. The van der Waals surface area contributed by atoms with Gasteiger partial charge in [0.2, 0.25) is 10.0 Å². The van der Waals surface area contributed by atoms with Crippen molar-refractivity contribution in [3.8, 4) is 0 Å². The Morgan fingerprint density at radius 3 is 2.00 bits per heavy atom. The topological polar surface area (TPSA) is 83.5 Å². The molecule has 16 heavy (non-hydrogen) atoms. The number of carboxylic acids is 1. The molecule has 0 aliphatic heterocycles. The minimum Gasteiger partial charge on any atom is -0.480 e. The van der Waals surface area contributed by atoms with Crippen molar-refractivity contribution in [2.75, 3.05) is 0 Å². The van der Waals surface area contributed by atoms with E-state index in [2.05, 4.69) is 4.72 Å². The first-order chi connectivity index (χ1) is 6.97. The van der Waals surface area contributed by atoms with Crippen molar-refractivity contribution in [3.05, 3.63) is 0 Å². The summed E-state index contributed by atoms with van der Waals surface area (Å²) in [6, 6.07) is -1.05. The fraction of sp³-hybridized carbons (Fsp3) is 0.900. The lowest BCUT2D eigenvalue weighted by Gasteiger charge is -2.24. The van der Waals surface area contributed by atoms with E-state index in [0.717, 1.165) is 0 Å². The van der Waals surface area contributed by atoms with Crippen molar-refractivity contribution < 1.29 is 18.3 Å². The van der Waals surface area contributed by atoms with E-state index in [9.17, 15) is 13.2 Å². The summed E-state index contributed by atoms with van der Waals surface area (Å²) in [5.41, 5.74) is 0. The molecule has 0 radical (unpaired) electrons. The van der Waals surface area contributed by atoms with Gasteiger partial charge in [0.25, 0.3) is 0 Å². The third-order valence-corrected chi connectivity index (χ3v) is 4.32. The van der Waals surface area contributed by atoms with Gasteiger partial charge in [-0.1, -0.05) is 13.8 Å². The normalized spacial score (nSPS) is 15.1. The molecule has 0 saturated carbocycles. The highest BCUT2D eigenvalue weighted by atomic mass is 32.2. The average molecular weight is 251 g/mol. The molecule has 6 heteroatoms. The fourth-order valence-electron chi connectivity index (χ4n) is 1.03. The maximum absolute atomic E-state index is 11.8. The van der Waals surface area contributed by atoms with Crippen LogP contribution in [0.15, 0.2) is 0 Å². The molecule has 0 spiro atoms. The van der Waals surface area contributed by atoms with E-state index in [1.165, 1.54) is 20.8 Å². The lowest BCUT2D eigenvalue weighted by Crippen LogP contribution is -2.48. The Morgan fingerprint density at radius 1 is 1.31 bits per heavy atom. The molecule has 2 N–H and O–H groups in total. The molecule has 0 aromatic carbocycles. The number of rotatable bonds is 5. The van der Waals surface area contributed by atoms with E-state index >= 15 is 0 Å². The van der Waals surface area contributed by atoms with Gasteiger partial charge in [0.05, 0.1) is 4.75 Å². The van der Waals surface area contributed by atoms with Crippen molar-refractivity contribution >= 4 is 16.0 Å². The van der Waals surface area contributed by atoms with Gasteiger partial charge in [0, 0.05) is 0 Å². The first-order valence-corrected chi connectivity index (χ1v) is 6.70. The van der Waals surface area contributed by atoms with Gasteiger partial charge in [0.1, 0.15) is 6.04 Å². The smallest absolute Gasteiger partial charge is 0.321 e. The molecule has 0 rings (SSSR count). The van der Waals surface area contributed by atoms with Gasteiger partial charge in [-0.3, -0.25) is 4.79 Å². The molecule has 0 aliphatic carbocycles. The van der Waals surface area contributed by atoms with Crippen LogP contribution in [-0.2, 0) is 14.8 Å². The van der Waals surface area contributed by atoms with E-state index in [-0.39, 0.29) is 12.3 Å². The van der Waals surface area contributed by atoms with Crippen LogP contribution >= 0.6 is 0 Å². The Labute approximate surface area is 97.3 Å². The van der Waals surface area contributed by atoms with E-state index in [1.54, 1.807) is 0 Å². The summed E-state index contributed by atoms with van der Waals surface area (Å²) < 4.78 is 24.8. The molecular formula is C10H21NO4S. The number of nitrogens with one attached hydrogen (secondary N) is 1. The summed E-state index contributed by atoms with van der Waals surface area (Å²) in [6.45, 7) is 8.29. The SMILES string of the molecule is CC(C)CC(NS(=O)(=O)C(C)(C)C)C(=O)O. The van der Waals surface area contributed by atoms with Crippen LogP contribution in [0.3, 0.4) is 0 Å². The molecule has 0 heterocycles. The molecule has 0 aromatic heterocycles. The Hall–Kier alpha value is -0.620. The van der Waals surface area contributed by atoms with Crippen molar-refractivity contribution in [1.29, 1.82) is 0 Å². The zero-order valence-electron chi connectivity index (χ0n) is 10.4. The molecule has 0 aromatic rings. The number of aliphatic carboxylic acids is 1. The van der Waals surface area contributed by atoms with Crippen LogP contribution in [0.25, 0.3) is 0 Å². The molecule has 0 fully saturated rings. The summed E-state index contributed by atoms with van der Waals surface area (Å²) in [4.78, 5) is 10.9. The Morgan fingerprint density at radius 2 is 1.75 bits per heavy atom. The standard InChI is InChI=1S/C10H21NO4S/c1-7(2)6-8(9(12)13)11-16(14,15)10(3,4)5/h7-8,11H,6H2,1-5H3,(H,12,13). The first kappa shape index (κ1) is 15.4. The largest absolute Gasteiger partial charge is 0.480 e. The molecule has 0 saturated heterocycles. The van der Waals surface area contributed by atoms with E-state index in [4.69, 9.17) is 5.11 Å². The average Bonchev–Trinajstić information content (AvgIpc) is 1.98. The van der Waals surface area contributed by atoms with Crippen molar-refractivity contribution in [2.24, 2.45) is 5.92 Å². The highest BCUT2D eigenvalue weighted by molar-refractivity contribution is 7.90. The number of carboxylic acid groups (broad SMARTS) is 1. The third kappa shape index (κ3) is 4.49. The van der Waals surface area contributed by atoms with Crippen molar-refractivity contribution in [2.45, 2.75) is 51.8 Å². The molecular weight excluding hydrogens is 230 g/mol. The molecule has 0 bridgehead atoms. The second-order valence-corrected chi connectivity index (χ2v) is 7.72. The van der Waals surface area contributed by atoms with E-state index < -0.39 is 26.8 Å². The van der Waals surface area contributed by atoms with Gasteiger partial charge in [-0.2, -0.15) is 0 Å². The van der Waals surface area contributed by atoms with Crippen molar-refractivity contribution in [1.82, 2.24) is 4.72 Å². The van der Waals surface area contributed by atoms with Gasteiger partial charge in [-0.05, 0) is 33.1 Å². The van der Waals surface area contributed by atoms with Crippen molar-refractivity contribution in [3.63, 3.8) is 0 Å². The van der Waals surface area contributed by atoms with Gasteiger partial charge in [0.15, 0.2) is 0 Å². The quantitative estimate of drug-likeness (QED) is 0.769. The minimum atomic E-state index is -3.62. The molecule has 5 nitrogen and oxygen atoms in total. The summed E-state index contributed by atoms with van der Waals surface area (Å²) in [7, 11) is -3.62. The van der Waals surface area contributed by atoms with Crippen LogP contribution in [0.4, 0.5) is 0 Å². The summed E-state index contributed by atoms with van der Waals surface area (Å²) in [5, 5.41) is 8.92. The predicted octanol–water partition coefficient (Wildman–Crippen LogP) is 1.20. The fourth-order valence-corrected chi connectivity index (χ4v) is 1.96. The third-order valence-electron chi connectivity index (χ3n) is 2.11. The minimum absolute atomic E-state index is 0.115. The highest BCUT2D eigenvalue weighted by Crippen LogP contribution is 2.15. The zero-order chi connectivity index (χ0) is 13.1. The molecule has 0 aliphatic rings.